The normalized spacial score (nSPS) is 12.4. The third-order valence-corrected chi connectivity index (χ3v) is 3.92. The summed E-state index contributed by atoms with van der Waals surface area (Å²) in [6.07, 6.45) is 0. The third kappa shape index (κ3) is 3.59. The van der Waals surface area contributed by atoms with Gasteiger partial charge in [-0.2, -0.15) is 0 Å². The molecule has 1 nitrogen and oxygen atoms in total. The van der Waals surface area contributed by atoms with Crippen molar-refractivity contribution in [3.8, 4) is 0 Å². The summed E-state index contributed by atoms with van der Waals surface area (Å²) < 4.78 is 1.10. The molecule has 3 heteroatoms. The van der Waals surface area contributed by atoms with Gasteiger partial charge in [-0.25, -0.2) is 0 Å². The maximum absolute atomic E-state index is 6.04. The van der Waals surface area contributed by atoms with Crippen molar-refractivity contribution in [2.75, 3.05) is 6.54 Å². The lowest BCUT2D eigenvalue weighted by Crippen LogP contribution is -2.22. The monoisotopic (exact) mass is 337 g/mol. The van der Waals surface area contributed by atoms with Crippen molar-refractivity contribution in [2.45, 2.75) is 19.9 Å². The summed E-state index contributed by atoms with van der Waals surface area (Å²) in [4.78, 5) is 0. The Kier molecular flexibility index (Phi) is 5.03. The molecule has 19 heavy (non-hydrogen) atoms. The Hall–Kier alpha value is -0.830. The van der Waals surface area contributed by atoms with Crippen LogP contribution < -0.4 is 5.32 Å². The number of rotatable bonds is 4. The van der Waals surface area contributed by atoms with Gasteiger partial charge < -0.3 is 5.32 Å². The number of halogens is 2. The molecule has 0 aliphatic heterocycles. The Morgan fingerprint density at radius 3 is 2.42 bits per heavy atom. The summed E-state index contributed by atoms with van der Waals surface area (Å²) in [5.74, 6) is 0. The van der Waals surface area contributed by atoms with E-state index in [1.54, 1.807) is 0 Å². The predicted octanol–water partition coefficient (Wildman–Crippen LogP) is 5.11. The molecule has 0 saturated carbocycles. The van der Waals surface area contributed by atoms with Crippen LogP contribution in [0.25, 0.3) is 0 Å². The molecule has 0 aromatic heterocycles. The van der Waals surface area contributed by atoms with E-state index in [2.05, 4.69) is 65.4 Å². The fourth-order valence-corrected chi connectivity index (χ4v) is 2.72. The third-order valence-electron chi connectivity index (χ3n) is 3.15. The van der Waals surface area contributed by atoms with Gasteiger partial charge in [-0.1, -0.05) is 52.7 Å². The molecule has 1 N–H and O–H groups in total. The van der Waals surface area contributed by atoms with Crippen LogP contribution in [0.1, 0.15) is 29.7 Å². The zero-order chi connectivity index (χ0) is 13.8. The molecule has 0 fully saturated rings. The quantitative estimate of drug-likeness (QED) is 0.817. The Morgan fingerprint density at radius 2 is 1.84 bits per heavy atom. The average molecular weight is 339 g/mol. The van der Waals surface area contributed by atoms with E-state index in [4.69, 9.17) is 11.6 Å². The molecule has 2 aromatic rings. The molecule has 0 aliphatic rings. The minimum absolute atomic E-state index is 0.204. The van der Waals surface area contributed by atoms with E-state index in [1.807, 2.05) is 12.1 Å². The van der Waals surface area contributed by atoms with E-state index in [-0.39, 0.29) is 6.04 Å². The van der Waals surface area contributed by atoms with Crippen molar-refractivity contribution in [1.82, 2.24) is 5.32 Å². The molecule has 0 amide bonds. The highest BCUT2D eigenvalue weighted by Crippen LogP contribution is 2.27. The number of benzene rings is 2. The van der Waals surface area contributed by atoms with E-state index in [0.717, 1.165) is 16.0 Å². The Bertz CT molecular complexity index is 551. The van der Waals surface area contributed by atoms with E-state index in [9.17, 15) is 0 Å². The van der Waals surface area contributed by atoms with Crippen molar-refractivity contribution >= 4 is 27.5 Å². The second-order valence-corrected chi connectivity index (χ2v) is 5.90. The van der Waals surface area contributed by atoms with Gasteiger partial charge >= 0.3 is 0 Å². The molecular formula is C16H17BrClN. The maximum Gasteiger partial charge on any atom is 0.0579 e. The molecule has 0 saturated heterocycles. The van der Waals surface area contributed by atoms with Crippen LogP contribution in [0.5, 0.6) is 0 Å². The van der Waals surface area contributed by atoms with Crippen LogP contribution in [-0.2, 0) is 0 Å². The molecule has 2 aromatic carbocycles. The molecule has 1 atom stereocenters. The standard InChI is InChI=1S/C16H17BrClN/c1-3-19-16(12-4-6-13(17)7-5-12)15-9-8-14(18)10-11(15)2/h4-10,16,19H,3H2,1-2H3. The van der Waals surface area contributed by atoms with Crippen LogP contribution in [0.2, 0.25) is 5.02 Å². The van der Waals surface area contributed by atoms with Gasteiger partial charge in [0, 0.05) is 9.50 Å². The summed E-state index contributed by atoms with van der Waals surface area (Å²) in [6.45, 7) is 5.14. The van der Waals surface area contributed by atoms with Crippen molar-refractivity contribution in [3.63, 3.8) is 0 Å². The minimum Gasteiger partial charge on any atom is -0.307 e. The first-order valence-corrected chi connectivity index (χ1v) is 7.54. The maximum atomic E-state index is 6.04. The van der Waals surface area contributed by atoms with Gasteiger partial charge in [0.05, 0.1) is 6.04 Å². The lowest BCUT2D eigenvalue weighted by atomic mass is 9.95. The first kappa shape index (κ1) is 14.6. The molecular weight excluding hydrogens is 322 g/mol. The van der Waals surface area contributed by atoms with Crippen LogP contribution in [0.15, 0.2) is 46.9 Å². The lowest BCUT2D eigenvalue weighted by Gasteiger charge is -2.21. The van der Waals surface area contributed by atoms with E-state index < -0.39 is 0 Å². The van der Waals surface area contributed by atoms with Crippen LogP contribution in [0.3, 0.4) is 0 Å². The highest BCUT2D eigenvalue weighted by Gasteiger charge is 2.15. The smallest absolute Gasteiger partial charge is 0.0579 e. The van der Waals surface area contributed by atoms with Gasteiger partial charge in [-0.05, 0) is 54.4 Å². The van der Waals surface area contributed by atoms with E-state index in [1.165, 1.54) is 16.7 Å². The second-order valence-electron chi connectivity index (χ2n) is 4.54. The van der Waals surface area contributed by atoms with E-state index >= 15 is 0 Å². The summed E-state index contributed by atoms with van der Waals surface area (Å²) in [5, 5.41) is 4.32. The lowest BCUT2D eigenvalue weighted by molar-refractivity contribution is 0.627. The Labute approximate surface area is 128 Å². The topological polar surface area (TPSA) is 12.0 Å². The summed E-state index contributed by atoms with van der Waals surface area (Å²) >= 11 is 9.51. The fraction of sp³-hybridized carbons (Fsp3) is 0.250. The highest BCUT2D eigenvalue weighted by molar-refractivity contribution is 9.10. The zero-order valence-electron chi connectivity index (χ0n) is 11.1. The highest BCUT2D eigenvalue weighted by atomic mass is 79.9. The first-order chi connectivity index (χ1) is 9.11. The molecule has 0 heterocycles. The number of aryl methyl sites for hydroxylation is 1. The molecule has 2 rings (SSSR count). The molecule has 1 unspecified atom stereocenters. The fourth-order valence-electron chi connectivity index (χ4n) is 2.23. The van der Waals surface area contributed by atoms with Crippen LogP contribution in [0.4, 0.5) is 0 Å². The number of nitrogens with one attached hydrogen (secondary N) is 1. The molecule has 100 valence electrons. The summed E-state index contributed by atoms with van der Waals surface area (Å²) in [5.41, 5.74) is 3.74. The largest absolute Gasteiger partial charge is 0.307 e. The van der Waals surface area contributed by atoms with Crippen LogP contribution >= 0.6 is 27.5 Å². The molecule has 0 aliphatic carbocycles. The van der Waals surface area contributed by atoms with Crippen LogP contribution in [0, 0.1) is 6.92 Å². The van der Waals surface area contributed by atoms with Gasteiger partial charge in [-0.15, -0.1) is 0 Å². The number of hydrogen-bond donors (Lipinski definition) is 1. The zero-order valence-corrected chi connectivity index (χ0v) is 13.4. The second kappa shape index (κ2) is 6.56. The van der Waals surface area contributed by atoms with Gasteiger partial charge in [0.15, 0.2) is 0 Å². The van der Waals surface area contributed by atoms with Crippen molar-refractivity contribution in [1.29, 1.82) is 0 Å². The summed E-state index contributed by atoms with van der Waals surface area (Å²) in [6, 6.07) is 14.7. The molecule has 0 radical (unpaired) electrons. The van der Waals surface area contributed by atoms with Gasteiger partial charge in [0.1, 0.15) is 0 Å². The van der Waals surface area contributed by atoms with Gasteiger partial charge in [-0.3, -0.25) is 0 Å². The minimum atomic E-state index is 0.204. The SMILES string of the molecule is CCNC(c1ccc(Br)cc1)c1ccc(Cl)cc1C. The van der Waals surface area contributed by atoms with Crippen molar-refractivity contribution < 1.29 is 0 Å². The van der Waals surface area contributed by atoms with Gasteiger partial charge in [0.25, 0.3) is 0 Å². The van der Waals surface area contributed by atoms with Crippen molar-refractivity contribution in [2.24, 2.45) is 0 Å². The summed E-state index contributed by atoms with van der Waals surface area (Å²) in [7, 11) is 0. The Morgan fingerprint density at radius 1 is 1.16 bits per heavy atom. The molecule has 0 bridgehead atoms. The average Bonchev–Trinajstić information content (AvgIpc) is 2.38. The first-order valence-electron chi connectivity index (χ1n) is 6.36. The van der Waals surface area contributed by atoms with Crippen molar-refractivity contribution in [3.05, 3.63) is 68.7 Å². The number of hydrogen-bond acceptors (Lipinski definition) is 1. The van der Waals surface area contributed by atoms with E-state index in [0.29, 0.717) is 0 Å². The van der Waals surface area contributed by atoms with Crippen LogP contribution in [-0.4, -0.2) is 6.54 Å². The molecule has 0 spiro atoms. The van der Waals surface area contributed by atoms with Gasteiger partial charge in [0.2, 0.25) is 0 Å². The Balaban J connectivity index is 2.41. The predicted molar refractivity (Wildman–Crippen MR) is 85.9 cm³/mol.